The summed E-state index contributed by atoms with van der Waals surface area (Å²) >= 11 is 3.38. The van der Waals surface area contributed by atoms with E-state index in [1.165, 1.54) is 11.8 Å². The Bertz CT molecular complexity index is 481. The molecule has 0 unspecified atom stereocenters. The van der Waals surface area contributed by atoms with Gasteiger partial charge in [-0.3, -0.25) is 4.79 Å². The fourth-order valence-corrected chi connectivity index (χ4v) is 1.70. The third-order valence-corrected chi connectivity index (χ3v) is 2.93. The first-order chi connectivity index (χ1) is 8.29. The van der Waals surface area contributed by atoms with Gasteiger partial charge < -0.3 is 5.32 Å². The zero-order valence-electron chi connectivity index (χ0n) is 8.98. The molecule has 0 aliphatic carbocycles. The van der Waals surface area contributed by atoms with Gasteiger partial charge in [-0.05, 0) is 11.1 Å². The molecule has 17 heavy (non-hydrogen) atoms. The van der Waals surface area contributed by atoms with Crippen molar-refractivity contribution in [1.29, 1.82) is 0 Å². The normalized spacial score (nSPS) is 10.2. The quantitative estimate of drug-likeness (QED) is 0.842. The number of hydrogen-bond acceptors (Lipinski definition) is 3. The lowest BCUT2D eigenvalue weighted by Crippen LogP contribution is -2.23. The third kappa shape index (κ3) is 3.13. The van der Waals surface area contributed by atoms with Crippen molar-refractivity contribution in [1.82, 2.24) is 20.7 Å². The van der Waals surface area contributed by atoms with Gasteiger partial charge in [0.15, 0.2) is 5.69 Å². The van der Waals surface area contributed by atoms with Crippen molar-refractivity contribution in [3.8, 4) is 0 Å². The second-order valence-electron chi connectivity index (χ2n) is 3.49. The van der Waals surface area contributed by atoms with Gasteiger partial charge in [0.1, 0.15) is 0 Å². The molecule has 0 atom stereocenters. The van der Waals surface area contributed by atoms with Crippen molar-refractivity contribution < 1.29 is 4.79 Å². The Morgan fingerprint density at radius 1 is 1.29 bits per heavy atom. The summed E-state index contributed by atoms with van der Waals surface area (Å²) < 4.78 is 0. The van der Waals surface area contributed by atoms with Crippen LogP contribution in [0.5, 0.6) is 0 Å². The van der Waals surface area contributed by atoms with E-state index in [9.17, 15) is 4.79 Å². The molecule has 88 valence electrons. The summed E-state index contributed by atoms with van der Waals surface area (Å²) in [5.41, 5.74) is 2.55. The average Bonchev–Trinajstić information content (AvgIpc) is 2.90. The van der Waals surface area contributed by atoms with Crippen LogP contribution in [0.3, 0.4) is 0 Å². The number of rotatable bonds is 4. The molecule has 1 aromatic heterocycles. The van der Waals surface area contributed by atoms with E-state index < -0.39 is 0 Å². The zero-order chi connectivity index (χ0) is 12.1. The van der Waals surface area contributed by atoms with E-state index in [0.29, 0.717) is 12.2 Å². The maximum atomic E-state index is 11.6. The second-order valence-corrected chi connectivity index (χ2v) is 4.05. The van der Waals surface area contributed by atoms with Crippen molar-refractivity contribution in [2.24, 2.45) is 0 Å². The standard InChI is InChI=1S/C11H11BrN4O/c12-5-8-1-3-9(4-2-8)6-13-11(17)10-7-14-16-15-10/h1-4,7H,5-6H2,(H,13,17)(H,14,15,16). The number of benzene rings is 1. The van der Waals surface area contributed by atoms with E-state index in [0.717, 1.165) is 10.9 Å². The van der Waals surface area contributed by atoms with Gasteiger partial charge in [-0.1, -0.05) is 40.2 Å². The smallest absolute Gasteiger partial charge is 0.273 e. The van der Waals surface area contributed by atoms with Gasteiger partial charge in [-0.2, -0.15) is 15.4 Å². The van der Waals surface area contributed by atoms with E-state index in [1.54, 1.807) is 0 Å². The number of carbonyl (C=O) groups is 1. The molecule has 0 bridgehead atoms. The summed E-state index contributed by atoms with van der Waals surface area (Å²) in [6.45, 7) is 0.480. The van der Waals surface area contributed by atoms with Crippen LogP contribution in [-0.4, -0.2) is 21.3 Å². The molecular formula is C11H11BrN4O. The van der Waals surface area contributed by atoms with Gasteiger partial charge in [-0.15, -0.1) is 0 Å². The number of aromatic amines is 1. The number of carbonyl (C=O) groups excluding carboxylic acids is 1. The van der Waals surface area contributed by atoms with Crippen LogP contribution in [-0.2, 0) is 11.9 Å². The molecule has 1 aromatic carbocycles. The van der Waals surface area contributed by atoms with Crippen LogP contribution < -0.4 is 5.32 Å². The van der Waals surface area contributed by atoms with Crippen LogP contribution in [0.2, 0.25) is 0 Å². The minimum absolute atomic E-state index is 0.233. The van der Waals surface area contributed by atoms with Gasteiger partial charge in [0, 0.05) is 11.9 Å². The molecular weight excluding hydrogens is 284 g/mol. The van der Waals surface area contributed by atoms with Crippen molar-refractivity contribution in [3.05, 3.63) is 47.3 Å². The van der Waals surface area contributed by atoms with Gasteiger partial charge in [0.2, 0.25) is 0 Å². The maximum Gasteiger partial charge on any atom is 0.273 e. The van der Waals surface area contributed by atoms with Crippen molar-refractivity contribution in [2.75, 3.05) is 0 Å². The van der Waals surface area contributed by atoms with Gasteiger partial charge in [0.05, 0.1) is 6.20 Å². The number of halogens is 1. The number of amides is 1. The molecule has 1 amide bonds. The Kier molecular flexibility index (Phi) is 3.87. The highest BCUT2D eigenvalue weighted by Gasteiger charge is 2.07. The highest BCUT2D eigenvalue weighted by molar-refractivity contribution is 9.08. The number of aromatic nitrogens is 3. The fourth-order valence-electron chi connectivity index (χ4n) is 1.33. The molecule has 0 radical (unpaired) electrons. The molecule has 2 N–H and O–H groups in total. The fraction of sp³-hybridized carbons (Fsp3) is 0.182. The molecule has 0 saturated carbocycles. The summed E-state index contributed by atoms with van der Waals surface area (Å²) in [7, 11) is 0. The van der Waals surface area contributed by atoms with Crippen LogP contribution in [0.1, 0.15) is 21.6 Å². The third-order valence-electron chi connectivity index (χ3n) is 2.28. The van der Waals surface area contributed by atoms with Crippen molar-refractivity contribution >= 4 is 21.8 Å². The molecule has 0 saturated heterocycles. The van der Waals surface area contributed by atoms with Crippen LogP contribution in [0.25, 0.3) is 0 Å². The Hall–Kier alpha value is -1.69. The number of nitrogens with one attached hydrogen (secondary N) is 2. The summed E-state index contributed by atoms with van der Waals surface area (Å²) in [5, 5.41) is 13.3. The average molecular weight is 295 g/mol. The van der Waals surface area contributed by atoms with Crippen LogP contribution in [0, 0.1) is 0 Å². The van der Waals surface area contributed by atoms with Crippen LogP contribution in [0.4, 0.5) is 0 Å². The summed E-state index contributed by atoms with van der Waals surface area (Å²) in [5.74, 6) is -0.233. The highest BCUT2D eigenvalue weighted by atomic mass is 79.9. The monoisotopic (exact) mass is 294 g/mol. The predicted molar refractivity (Wildman–Crippen MR) is 66.6 cm³/mol. The minimum Gasteiger partial charge on any atom is -0.347 e. The van der Waals surface area contributed by atoms with E-state index in [-0.39, 0.29) is 5.91 Å². The molecule has 2 aromatic rings. The lowest BCUT2D eigenvalue weighted by molar-refractivity contribution is 0.0946. The maximum absolute atomic E-state index is 11.6. The highest BCUT2D eigenvalue weighted by Crippen LogP contribution is 2.07. The van der Waals surface area contributed by atoms with Crippen molar-refractivity contribution in [2.45, 2.75) is 11.9 Å². The first-order valence-corrected chi connectivity index (χ1v) is 6.19. The molecule has 2 rings (SSSR count). The molecule has 1 heterocycles. The van der Waals surface area contributed by atoms with E-state index in [1.807, 2.05) is 24.3 Å². The Labute approximate surface area is 107 Å². The Balaban J connectivity index is 1.91. The molecule has 6 heteroatoms. The largest absolute Gasteiger partial charge is 0.347 e. The molecule has 5 nitrogen and oxygen atoms in total. The van der Waals surface area contributed by atoms with Crippen LogP contribution in [0.15, 0.2) is 30.5 Å². The van der Waals surface area contributed by atoms with Gasteiger partial charge in [0.25, 0.3) is 5.91 Å². The van der Waals surface area contributed by atoms with E-state index in [4.69, 9.17) is 0 Å². The first kappa shape index (κ1) is 11.8. The lowest BCUT2D eigenvalue weighted by atomic mass is 10.1. The Morgan fingerprint density at radius 3 is 2.59 bits per heavy atom. The summed E-state index contributed by atoms with van der Waals surface area (Å²) in [4.78, 5) is 11.6. The number of hydrogen-bond donors (Lipinski definition) is 2. The topological polar surface area (TPSA) is 70.7 Å². The lowest BCUT2D eigenvalue weighted by Gasteiger charge is -2.03. The van der Waals surface area contributed by atoms with Crippen LogP contribution >= 0.6 is 15.9 Å². The number of nitrogens with zero attached hydrogens (tertiary/aromatic N) is 2. The van der Waals surface area contributed by atoms with Crippen molar-refractivity contribution in [3.63, 3.8) is 0 Å². The summed E-state index contributed by atoms with van der Waals surface area (Å²) in [6, 6.07) is 8.01. The molecule has 0 aliphatic heterocycles. The van der Waals surface area contributed by atoms with Gasteiger partial charge in [-0.25, -0.2) is 0 Å². The second kappa shape index (κ2) is 5.58. The Morgan fingerprint density at radius 2 is 2.00 bits per heavy atom. The summed E-state index contributed by atoms with van der Waals surface area (Å²) in [6.07, 6.45) is 1.39. The number of H-pyrrole nitrogens is 1. The predicted octanol–water partition coefficient (Wildman–Crippen LogP) is 1.63. The molecule has 0 fully saturated rings. The zero-order valence-corrected chi connectivity index (χ0v) is 10.6. The molecule has 0 aliphatic rings. The SMILES string of the molecule is O=C(NCc1ccc(CBr)cc1)c1cn[nH]n1. The van der Waals surface area contributed by atoms with Gasteiger partial charge >= 0.3 is 0 Å². The number of alkyl halides is 1. The first-order valence-electron chi connectivity index (χ1n) is 5.07. The van der Waals surface area contributed by atoms with E-state index >= 15 is 0 Å². The molecule has 0 spiro atoms. The van der Waals surface area contributed by atoms with E-state index in [2.05, 4.69) is 36.7 Å². The minimum atomic E-state index is -0.233.